The molecule has 5 rings (SSSR count). The molecule has 9 nitrogen and oxygen atoms in total. The summed E-state index contributed by atoms with van der Waals surface area (Å²) in [5.41, 5.74) is 1.42. The van der Waals surface area contributed by atoms with E-state index in [1.807, 2.05) is 0 Å². The highest BCUT2D eigenvalue weighted by Gasteiger charge is 2.39. The third kappa shape index (κ3) is 5.13. The van der Waals surface area contributed by atoms with Crippen LogP contribution >= 0.6 is 23.2 Å². The number of carbonyl (C=O) groups is 1. The zero-order valence-electron chi connectivity index (χ0n) is 21.9. The number of fused-ring (bicyclic) bond motifs is 1. The maximum absolute atomic E-state index is 14.1. The highest BCUT2D eigenvalue weighted by Crippen LogP contribution is 2.39. The minimum atomic E-state index is -4.04. The molecule has 2 aliphatic rings. The highest BCUT2D eigenvalue weighted by atomic mass is 35.5. The van der Waals surface area contributed by atoms with Crippen molar-refractivity contribution in [1.82, 2.24) is 13.7 Å². The quantitative estimate of drug-likeness (QED) is 0.448. The van der Waals surface area contributed by atoms with Crippen molar-refractivity contribution in [2.75, 3.05) is 42.1 Å². The van der Waals surface area contributed by atoms with Crippen molar-refractivity contribution in [2.24, 2.45) is 0 Å². The van der Waals surface area contributed by atoms with Gasteiger partial charge in [-0.3, -0.25) is 9.59 Å². The van der Waals surface area contributed by atoms with Crippen molar-refractivity contribution in [3.63, 3.8) is 0 Å². The molecule has 0 radical (unpaired) electrons. The standard InChI is InChI=1S/C27H28Cl2FN5O4S/c1-3-14-40(38,39)35-24(36)16-23-31-17(2)25(26(34(23)35)18-4-9-21(28)22(29)15-18)27(37)33-12-10-32(11-13-33)20-7-5-19(30)6-8-20/h4-9,15-16,26,31H,3,10-14H2,1-2H3. The lowest BCUT2D eigenvalue weighted by Gasteiger charge is -2.39. The molecule has 2 aromatic carbocycles. The second-order valence-corrected chi connectivity index (χ2v) is 12.5. The number of hydrogen-bond donors (Lipinski definition) is 1. The number of anilines is 2. The van der Waals surface area contributed by atoms with Crippen LogP contribution < -0.4 is 15.8 Å². The van der Waals surface area contributed by atoms with E-state index in [-0.39, 0.29) is 33.9 Å². The normalized spacial score (nSPS) is 17.6. The van der Waals surface area contributed by atoms with E-state index in [0.717, 1.165) is 9.77 Å². The molecule has 0 saturated carbocycles. The molecule has 1 N–H and O–H groups in total. The monoisotopic (exact) mass is 607 g/mol. The molecule has 40 heavy (non-hydrogen) atoms. The van der Waals surface area contributed by atoms with Crippen LogP contribution in [0.3, 0.4) is 0 Å². The summed E-state index contributed by atoms with van der Waals surface area (Å²) < 4.78 is 42.0. The van der Waals surface area contributed by atoms with Crippen molar-refractivity contribution >= 4 is 50.6 Å². The van der Waals surface area contributed by atoms with Crippen LogP contribution in [0.1, 0.15) is 31.9 Å². The molecule has 0 aliphatic carbocycles. The van der Waals surface area contributed by atoms with E-state index in [4.69, 9.17) is 23.2 Å². The lowest BCUT2D eigenvalue weighted by atomic mass is 9.94. The van der Waals surface area contributed by atoms with Crippen LogP contribution in [0.4, 0.5) is 15.9 Å². The third-order valence-electron chi connectivity index (χ3n) is 7.10. The number of halogens is 3. The topological polar surface area (TPSA) is 96.6 Å². The maximum Gasteiger partial charge on any atom is 0.283 e. The number of aromatic nitrogens is 2. The van der Waals surface area contributed by atoms with Crippen molar-refractivity contribution in [3.05, 3.63) is 91.6 Å². The minimum Gasteiger partial charge on any atom is -0.368 e. The molecule has 1 unspecified atom stereocenters. The molecule has 1 aromatic heterocycles. The number of piperazine rings is 1. The molecule has 1 fully saturated rings. The molecule has 3 heterocycles. The van der Waals surface area contributed by atoms with E-state index in [1.54, 1.807) is 49.1 Å². The molecule has 1 atom stereocenters. The van der Waals surface area contributed by atoms with E-state index in [0.29, 0.717) is 48.9 Å². The Morgan fingerprint density at radius 2 is 1.70 bits per heavy atom. The van der Waals surface area contributed by atoms with E-state index >= 15 is 0 Å². The Balaban J connectivity index is 1.56. The fourth-order valence-electron chi connectivity index (χ4n) is 5.24. The second kappa shape index (κ2) is 10.9. The maximum atomic E-state index is 14.1. The largest absolute Gasteiger partial charge is 0.368 e. The first-order chi connectivity index (χ1) is 19.0. The second-order valence-electron chi connectivity index (χ2n) is 9.77. The Morgan fingerprint density at radius 3 is 2.33 bits per heavy atom. The van der Waals surface area contributed by atoms with Crippen LogP contribution in [-0.2, 0) is 14.8 Å². The summed E-state index contributed by atoms with van der Waals surface area (Å²) >= 11 is 12.5. The molecule has 0 spiro atoms. The predicted octanol–water partition coefficient (Wildman–Crippen LogP) is 4.32. The zero-order valence-corrected chi connectivity index (χ0v) is 24.2. The first-order valence-electron chi connectivity index (χ1n) is 12.8. The van der Waals surface area contributed by atoms with Crippen LogP contribution in [-0.4, -0.2) is 59.9 Å². The predicted molar refractivity (Wildman–Crippen MR) is 154 cm³/mol. The first-order valence-corrected chi connectivity index (χ1v) is 15.2. The number of nitrogens with zero attached hydrogens (tertiary/aromatic N) is 4. The third-order valence-corrected chi connectivity index (χ3v) is 9.65. The number of benzene rings is 2. The number of allylic oxidation sites excluding steroid dienone is 1. The van der Waals surface area contributed by atoms with Crippen LogP contribution in [0.2, 0.25) is 10.0 Å². The van der Waals surface area contributed by atoms with Gasteiger partial charge in [-0.15, -0.1) is 4.09 Å². The van der Waals surface area contributed by atoms with Gasteiger partial charge in [0.05, 0.1) is 21.4 Å². The van der Waals surface area contributed by atoms with Gasteiger partial charge in [-0.2, -0.15) is 0 Å². The molecule has 13 heteroatoms. The van der Waals surface area contributed by atoms with Gasteiger partial charge in [0, 0.05) is 43.6 Å². The fourth-order valence-corrected chi connectivity index (χ4v) is 7.01. The van der Waals surface area contributed by atoms with E-state index in [9.17, 15) is 22.4 Å². The summed E-state index contributed by atoms with van der Waals surface area (Å²) in [4.78, 5) is 30.9. The number of nitrogens with one attached hydrogen (secondary N) is 1. The smallest absolute Gasteiger partial charge is 0.283 e. The number of amides is 1. The average molecular weight is 609 g/mol. The molecular weight excluding hydrogens is 580 g/mol. The number of carbonyl (C=O) groups excluding carboxylic acids is 1. The first kappa shape index (κ1) is 28.3. The van der Waals surface area contributed by atoms with Crippen molar-refractivity contribution in [1.29, 1.82) is 0 Å². The summed E-state index contributed by atoms with van der Waals surface area (Å²) in [5.74, 6) is -0.620. The lowest BCUT2D eigenvalue weighted by Crippen LogP contribution is -2.50. The summed E-state index contributed by atoms with van der Waals surface area (Å²) in [6.45, 7) is 5.26. The highest BCUT2D eigenvalue weighted by molar-refractivity contribution is 7.89. The Hall–Kier alpha value is -3.28. The van der Waals surface area contributed by atoms with Crippen LogP contribution in [0.25, 0.3) is 0 Å². The van der Waals surface area contributed by atoms with Crippen molar-refractivity contribution in [2.45, 2.75) is 26.3 Å². The van der Waals surface area contributed by atoms with Crippen LogP contribution in [0.5, 0.6) is 0 Å². The fraction of sp³-hybridized carbons (Fsp3) is 0.333. The summed E-state index contributed by atoms with van der Waals surface area (Å²) in [6, 6.07) is 11.3. The van der Waals surface area contributed by atoms with Gasteiger partial charge >= 0.3 is 0 Å². The van der Waals surface area contributed by atoms with Gasteiger partial charge < -0.3 is 15.1 Å². The zero-order chi connectivity index (χ0) is 28.8. The summed E-state index contributed by atoms with van der Waals surface area (Å²) in [7, 11) is -4.04. The number of rotatable bonds is 6. The molecule has 0 bridgehead atoms. The Labute approximate surface area is 241 Å². The van der Waals surface area contributed by atoms with Crippen molar-refractivity contribution in [3.8, 4) is 0 Å². The Kier molecular flexibility index (Phi) is 7.73. The van der Waals surface area contributed by atoms with Gasteiger partial charge in [-0.05, 0) is 55.3 Å². The molecule has 2 aliphatic heterocycles. The summed E-state index contributed by atoms with van der Waals surface area (Å²) in [6.07, 6.45) is 0.305. The van der Waals surface area contributed by atoms with Gasteiger partial charge in [-0.25, -0.2) is 17.5 Å². The van der Waals surface area contributed by atoms with Gasteiger partial charge in [0.1, 0.15) is 17.7 Å². The Bertz CT molecular complexity index is 1660. The van der Waals surface area contributed by atoms with E-state index in [1.165, 1.54) is 22.9 Å². The molecule has 212 valence electrons. The Morgan fingerprint density at radius 1 is 1.02 bits per heavy atom. The van der Waals surface area contributed by atoms with Crippen LogP contribution in [0, 0.1) is 5.82 Å². The molecular formula is C27H28Cl2FN5O4S. The van der Waals surface area contributed by atoms with Gasteiger partial charge in [0.15, 0.2) is 0 Å². The summed E-state index contributed by atoms with van der Waals surface area (Å²) in [5, 5.41) is 3.61. The van der Waals surface area contributed by atoms with E-state index < -0.39 is 21.6 Å². The SMILES string of the molecule is CCCS(=O)(=O)n1c(=O)cc2n1C(c1ccc(Cl)c(Cl)c1)C(C(=O)N1CCN(c3ccc(F)cc3)CC1)=C(C)N2. The van der Waals surface area contributed by atoms with Gasteiger partial charge in [-0.1, -0.05) is 36.2 Å². The molecule has 1 saturated heterocycles. The van der Waals surface area contributed by atoms with E-state index in [2.05, 4.69) is 10.2 Å². The van der Waals surface area contributed by atoms with Crippen molar-refractivity contribution < 1.29 is 17.6 Å². The van der Waals surface area contributed by atoms with Gasteiger partial charge in [0.2, 0.25) is 0 Å². The van der Waals surface area contributed by atoms with Crippen LogP contribution in [0.15, 0.2) is 64.6 Å². The minimum absolute atomic E-state index is 0.231. The average Bonchev–Trinajstić information content (AvgIpc) is 3.25. The molecule has 1 amide bonds. The lowest BCUT2D eigenvalue weighted by molar-refractivity contribution is -0.128. The van der Waals surface area contributed by atoms with Gasteiger partial charge in [0.25, 0.3) is 21.5 Å². The number of hydrogen-bond acceptors (Lipinski definition) is 6. The molecule has 3 aromatic rings.